The molecule has 1 aliphatic rings. The molecule has 1 heterocycles. The fraction of sp³-hybridized carbons (Fsp3) is 0.500. The van der Waals surface area contributed by atoms with E-state index in [9.17, 15) is 0 Å². The molecule has 1 unspecified atom stereocenters. The largest absolute Gasteiger partial charge is 0.367 e. The fourth-order valence-corrected chi connectivity index (χ4v) is 0.0385. The van der Waals surface area contributed by atoms with Crippen molar-refractivity contribution in [3.8, 4) is 0 Å². The minimum Gasteiger partial charge on any atom is -0.367 e. The lowest BCUT2D eigenvalue weighted by Crippen LogP contribution is -1.74. The van der Waals surface area contributed by atoms with E-state index in [4.69, 9.17) is 5.11 Å². The molecule has 0 aromatic heterocycles. The Bertz CT molecular complexity index is 44.0. The predicted octanol–water partition coefficient (Wildman–Crippen LogP) is -0.611. The average Bonchev–Trinajstić information content (AvgIpc) is 1.75. The molecule has 0 radical (unpaired) electrons. The zero-order chi connectivity index (χ0) is 2.99. The lowest BCUT2D eigenvalue weighted by atomic mass is 10.9. The van der Waals surface area contributed by atoms with E-state index in [1.165, 1.54) is 6.21 Å². The third kappa shape index (κ3) is 0.0935. The molecule has 0 bridgehead atoms. The molecule has 4 heavy (non-hydrogen) atoms. The standard InChI is InChI=1S/C2H3NO/c4-2-1-3-2/h1-2,4H. The summed E-state index contributed by atoms with van der Waals surface area (Å²) in [5.41, 5.74) is 0. The van der Waals surface area contributed by atoms with Gasteiger partial charge in [-0.05, 0) is 0 Å². The molecule has 2 heteroatoms. The monoisotopic (exact) mass is 57.0 g/mol. The van der Waals surface area contributed by atoms with E-state index in [0.29, 0.717) is 0 Å². The van der Waals surface area contributed by atoms with Crippen LogP contribution in [0.1, 0.15) is 0 Å². The first-order valence-electron chi connectivity index (χ1n) is 1.11. The topological polar surface area (TPSA) is 32.6 Å². The van der Waals surface area contributed by atoms with Gasteiger partial charge in [-0.25, -0.2) is 0 Å². The van der Waals surface area contributed by atoms with Crippen molar-refractivity contribution in [3.63, 3.8) is 0 Å². The highest BCUT2D eigenvalue weighted by atomic mass is 16.3. The summed E-state index contributed by atoms with van der Waals surface area (Å²) in [6.45, 7) is 0. The quantitative estimate of drug-likeness (QED) is 0.395. The summed E-state index contributed by atoms with van der Waals surface area (Å²) in [7, 11) is 0. The second kappa shape index (κ2) is 0.326. The SMILES string of the molecule is OC1C=N1. The van der Waals surface area contributed by atoms with Gasteiger partial charge in [0.15, 0.2) is 6.23 Å². The van der Waals surface area contributed by atoms with Crippen molar-refractivity contribution >= 4 is 6.21 Å². The van der Waals surface area contributed by atoms with E-state index in [-0.39, 0.29) is 0 Å². The molecule has 0 saturated carbocycles. The van der Waals surface area contributed by atoms with Crippen molar-refractivity contribution in [1.82, 2.24) is 0 Å². The van der Waals surface area contributed by atoms with Gasteiger partial charge in [-0.1, -0.05) is 0 Å². The minimum atomic E-state index is -0.417. The van der Waals surface area contributed by atoms with Crippen LogP contribution in [0.2, 0.25) is 0 Å². The van der Waals surface area contributed by atoms with E-state index in [0.717, 1.165) is 0 Å². The predicted molar refractivity (Wildman–Crippen MR) is 14.5 cm³/mol. The van der Waals surface area contributed by atoms with Gasteiger partial charge in [-0.3, -0.25) is 4.99 Å². The Kier molecular flexibility index (Phi) is 0.155. The highest BCUT2D eigenvalue weighted by Crippen LogP contribution is 1.90. The van der Waals surface area contributed by atoms with Gasteiger partial charge < -0.3 is 5.11 Å². The van der Waals surface area contributed by atoms with Crippen LogP contribution in [0.5, 0.6) is 0 Å². The molecular weight excluding hydrogens is 54.0 g/mol. The average molecular weight is 57.1 g/mol. The number of rotatable bonds is 0. The van der Waals surface area contributed by atoms with Crippen LogP contribution in [0.15, 0.2) is 4.99 Å². The van der Waals surface area contributed by atoms with E-state index in [1.54, 1.807) is 0 Å². The summed E-state index contributed by atoms with van der Waals surface area (Å²) < 4.78 is 0. The fourth-order valence-electron chi connectivity index (χ4n) is 0.0385. The molecule has 0 aliphatic carbocycles. The summed E-state index contributed by atoms with van der Waals surface area (Å²) >= 11 is 0. The van der Waals surface area contributed by atoms with Crippen LogP contribution in [0.4, 0.5) is 0 Å². The molecule has 0 fully saturated rings. The van der Waals surface area contributed by atoms with Crippen molar-refractivity contribution < 1.29 is 5.11 Å². The normalized spacial score (nSPS) is 35.8. The van der Waals surface area contributed by atoms with Crippen molar-refractivity contribution in [2.45, 2.75) is 6.23 Å². The first kappa shape index (κ1) is 1.91. The van der Waals surface area contributed by atoms with Gasteiger partial charge in [-0.2, -0.15) is 0 Å². The number of hydrogen-bond acceptors (Lipinski definition) is 2. The number of hydrogen-bond donors (Lipinski definition) is 1. The summed E-state index contributed by atoms with van der Waals surface area (Å²) in [4.78, 5) is 3.33. The summed E-state index contributed by atoms with van der Waals surface area (Å²) in [5.74, 6) is 0. The minimum absolute atomic E-state index is 0.417. The van der Waals surface area contributed by atoms with Crippen LogP contribution in [0, 0.1) is 0 Å². The Balaban J connectivity index is 2.32. The van der Waals surface area contributed by atoms with Gasteiger partial charge in [0.25, 0.3) is 0 Å². The third-order valence-corrected chi connectivity index (χ3v) is 0.282. The summed E-state index contributed by atoms with van der Waals surface area (Å²) in [6.07, 6.45) is 1.06. The van der Waals surface area contributed by atoms with Crippen molar-refractivity contribution in [2.75, 3.05) is 0 Å². The van der Waals surface area contributed by atoms with Crippen molar-refractivity contribution in [1.29, 1.82) is 0 Å². The second-order valence-electron chi connectivity index (χ2n) is 0.712. The zero-order valence-electron chi connectivity index (χ0n) is 2.05. The zero-order valence-corrected chi connectivity index (χ0v) is 2.05. The van der Waals surface area contributed by atoms with Crippen LogP contribution in [-0.4, -0.2) is 17.5 Å². The molecular formula is C2H3NO. The van der Waals surface area contributed by atoms with Crippen LogP contribution < -0.4 is 0 Å². The second-order valence-corrected chi connectivity index (χ2v) is 0.712. The van der Waals surface area contributed by atoms with Gasteiger partial charge in [0.1, 0.15) is 0 Å². The van der Waals surface area contributed by atoms with Crippen LogP contribution in [0.25, 0.3) is 0 Å². The van der Waals surface area contributed by atoms with Gasteiger partial charge >= 0.3 is 0 Å². The molecule has 2 nitrogen and oxygen atoms in total. The Morgan fingerprint density at radius 3 is 2.25 bits per heavy atom. The maximum atomic E-state index is 7.94. The van der Waals surface area contributed by atoms with Gasteiger partial charge in [0, 0.05) is 0 Å². The Hall–Kier alpha value is -0.370. The van der Waals surface area contributed by atoms with E-state index < -0.39 is 6.23 Å². The Morgan fingerprint density at radius 1 is 2.00 bits per heavy atom. The van der Waals surface area contributed by atoms with E-state index >= 15 is 0 Å². The Morgan fingerprint density at radius 2 is 2.25 bits per heavy atom. The lowest BCUT2D eigenvalue weighted by molar-refractivity contribution is 0.290. The van der Waals surface area contributed by atoms with Crippen molar-refractivity contribution in [2.24, 2.45) is 4.99 Å². The molecule has 1 rings (SSSR count). The number of nitrogens with zero attached hydrogens (tertiary/aromatic N) is 1. The maximum Gasteiger partial charge on any atom is 0.180 e. The number of aliphatic hydroxyl groups is 1. The molecule has 0 aromatic rings. The molecule has 1 aliphatic heterocycles. The molecule has 0 saturated heterocycles. The first-order chi connectivity index (χ1) is 1.89. The van der Waals surface area contributed by atoms with Gasteiger partial charge in [0.05, 0.1) is 6.21 Å². The third-order valence-electron chi connectivity index (χ3n) is 0.282. The lowest BCUT2D eigenvalue weighted by Gasteiger charge is -1.58. The molecule has 0 aromatic carbocycles. The first-order valence-corrected chi connectivity index (χ1v) is 1.11. The van der Waals surface area contributed by atoms with Crippen LogP contribution in [0.3, 0.4) is 0 Å². The smallest absolute Gasteiger partial charge is 0.180 e. The molecule has 0 spiro atoms. The molecule has 22 valence electrons. The maximum absolute atomic E-state index is 7.94. The van der Waals surface area contributed by atoms with Gasteiger partial charge in [0.2, 0.25) is 0 Å². The molecule has 1 atom stereocenters. The van der Waals surface area contributed by atoms with Crippen LogP contribution >= 0.6 is 0 Å². The summed E-state index contributed by atoms with van der Waals surface area (Å²) in [6, 6.07) is 0. The number of aliphatic imine (C=N–C) groups is 1. The molecule has 1 N–H and O–H groups in total. The molecule has 0 amide bonds. The summed E-state index contributed by atoms with van der Waals surface area (Å²) in [5, 5.41) is 7.94. The van der Waals surface area contributed by atoms with Gasteiger partial charge in [-0.15, -0.1) is 0 Å². The van der Waals surface area contributed by atoms with E-state index in [1.807, 2.05) is 0 Å². The Labute approximate surface area is 23.8 Å². The van der Waals surface area contributed by atoms with E-state index in [2.05, 4.69) is 4.99 Å². The van der Waals surface area contributed by atoms with Crippen molar-refractivity contribution in [3.05, 3.63) is 0 Å². The number of aliphatic hydroxyl groups excluding tert-OH is 1. The van der Waals surface area contributed by atoms with Crippen LogP contribution in [-0.2, 0) is 0 Å². The highest BCUT2D eigenvalue weighted by Gasteiger charge is 2.02. The highest BCUT2D eigenvalue weighted by molar-refractivity contribution is 5.74.